The van der Waals surface area contributed by atoms with Crippen LogP contribution >= 0.6 is 0 Å². The van der Waals surface area contributed by atoms with E-state index in [0.717, 1.165) is 38.5 Å². The van der Waals surface area contributed by atoms with Gasteiger partial charge in [0.25, 0.3) is 0 Å². The minimum absolute atomic E-state index is 0.399. The minimum Gasteiger partial charge on any atom is -0.389 e. The van der Waals surface area contributed by atoms with Crippen LogP contribution in [0.2, 0.25) is 0 Å². The summed E-state index contributed by atoms with van der Waals surface area (Å²) in [5.74, 6) is 0.399. The third-order valence-electron chi connectivity index (χ3n) is 3.91. The molecular formula is C15H26O. The van der Waals surface area contributed by atoms with Crippen LogP contribution in [0.25, 0.3) is 0 Å². The quantitative estimate of drug-likeness (QED) is 0.690. The van der Waals surface area contributed by atoms with E-state index < -0.39 is 5.60 Å². The van der Waals surface area contributed by atoms with Gasteiger partial charge >= 0.3 is 0 Å². The molecule has 0 heterocycles. The summed E-state index contributed by atoms with van der Waals surface area (Å²) in [5, 5.41) is 10.6. The minimum atomic E-state index is -0.450. The van der Waals surface area contributed by atoms with Gasteiger partial charge in [-0.15, -0.1) is 6.58 Å². The zero-order chi connectivity index (χ0) is 12.2. The van der Waals surface area contributed by atoms with E-state index in [-0.39, 0.29) is 0 Å². The highest BCUT2D eigenvalue weighted by molar-refractivity contribution is 5.08. The van der Waals surface area contributed by atoms with Gasteiger partial charge in [-0.05, 0) is 58.3 Å². The maximum atomic E-state index is 10.6. The molecule has 0 bridgehead atoms. The summed E-state index contributed by atoms with van der Waals surface area (Å²) in [6.07, 6.45) is 8.39. The van der Waals surface area contributed by atoms with Crippen LogP contribution in [-0.2, 0) is 0 Å². The number of aliphatic hydroxyl groups is 1. The van der Waals surface area contributed by atoms with Crippen LogP contribution in [0.1, 0.15) is 59.3 Å². The molecule has 1 heteroatoms. The lowest BCUT2D eigenvalue weighted by molar-refractivity contribution is -0.0243. The zero-order valence-electron chi connectivity index (χ0n) is 11.1. The molecule has 2 atom stereocenters. The first-order chi connectivity index (χ1) is 7.44. The van der Waals surface area contributed by atoms with Crippen molar-refractivity contribution in [3.8, 4) is 0 Å². The first kappa shape index (κ1) is 13.5. The van der Waals surface area contributed by atoms with Crippen molar-refractivity contribution in [2.75, 3.05) is 0 Å². The highest BCUT2D eigenvalue weighted by Crippen LogP contribution is 2.35. The molecule has 0 saturated carbocycles. The smallest absolute Gasteiger partial charge is 0.0710 e. The van der Waals surface area contributed by atoms with E-state index in [9.17, 15) is 5.11 Å². The lowest BCUT2D eigenvalue weighted by atomic mass is 9.75. The molecule has 92 valence electrons. The third kappa shape index (κ3) is 3.79. The Morgan fingerprint density at radius 2 is 2.31 bits per heavy atom. The summed E-state index contributed by atoms with van der Waals surface area (Å²) in [5.41, 5.74) is 2.23. The second-order valence-corrected chi connectivity index (χ2v) is 5.61. The number of hydrogen-bond donors (Lipinski definition) is 1. The van der Waals surface area contributed by atoms with E-state index in [2.05, 4.69) is 33.4 Å². The van der Waals surface area contributed by atoms with Crippen LogP contribution in [0.5, 0.6) is 0 Å². The van der Waals surface area contributed by atoms with Crippen molar-refractivity contribution in [2.45, 2.75) is 64.9 Å². The standard InChI is InChI=1S/C15H26O/c1-12(2)6-5-7-14(4)15(16)10-8-13(3)9-11-15/h8,14,16H,1,5-7,9-11H2,2-4H3/t14-,15+/m0/s1. The third-order valence-corrected chi connectivity index (χ3v) is 3.91. The van der Waals surface area contributed by atoms with Gasteiger partial charge in [0.1, 0.15) is 0 Å². The highest BCUT2D eigenvalue weighted by atomic mass is 16.3. The Hall–Kier alpha value is -0.560. The van der Waals surface area contributed by atoms with Crippen molar-refractivity contribution in [3.63, 3.8) is 0 Å². The fourth-order valence-corrected chi connectivity index (χ4v) is 2.40. The highest BCUT2D eigenvalue weighted by Gasteiger charge is 2.33. The molecule has 0 amide bonds. The largest absolute Gasteiger partial charge is 0.389 e. The molecule has 0 aromatic carbocycles. The molecule has 16 heavy (non-hydrogen) atoms. The molecule has 1 nitrogen and oxygen atoms in total. The zero-order valence-corrected chi connectivity index (χ0v) is 11.1. The molecule has 0 spiro atoms. The van der Waals surface area contributed by atoms with Crippen molar-refractivity contribution in [1.82, 2.24) is 0 Å². The lowest BCUT2D eigenvalue weighted by Gasteiger charge is -2.36. The van der Waals surface area contributed by atoms with Gasteiger partial charge in [-0.1, -0.05) is 24.1 Å². The van der Waals surface area contributed by atoms with Crippen molar-refractivity contribution in [2.24, 2.45) is 5.92 Å². The summed E-state index contributed by atoms with van der Waals surface area (Å²) in [6, 6.07) is 0. The molecule has 0 aliphatic heterocycles. The summed E-state index contributed by atoms with van der Waals surface area (Å²) in [4.78, 5) is 0. The Balaban J connectivity index is 2.41. The Bertz CT molecular complexity index is 277. The Morgan fingerprint density at radius 3 is 2.81 bits per heavy atom. The van der Waals surface area contributed by atoms with Gasteiger partial charge in [0, 0.05) is 0 Å². The van der Waals surface area contributed by atoms with Crippen LogP contribution in [0.15, 0.2) is 23.8 Å². The molecule has 0 aromatic rings. The second kappa shape index (κ2) is 5.67. The molecule has 0 radical (unpaired) electrons. The van der Waals surface area contributed by atoms with Gasteiger partial charge in [-0.2, -0.15) is 0 Å². The summed E-state index contributed by atoms with van der Waals surface area (Å²) in [6.45, 7) is 10.3. The number of rotatable bonds is 5. The molecule has 0 saturated heterocycles. The number of allylic oxidation sites excluding steroid dienone is 2. The van der Waals surface area contributed by atoms with Crippen molar-refractivity contribution >= 4 is 0 Å². The van der Waals surface area contributed by atoms with Crippen LogP contribution in [0.4, 0.5) is 0 Å². The maximum Gasteiger partial charge on any atom is 0.0710 e. The summed E-state index contributed by atoms with van der Waals surface area (Å²) in [7, 11) is 0. The second-order valence-electron chi connectivity index (χ2n) is 5.61. The molecule has 0 unspecified atom stereocenters. The average Bonchev–Trinajstić information content (AvgIpc) is 2.22. The fraction of sp³-hybridized carbons (Fsp3) is 0.733. The van der Waals surface area contributed by atoms with E-state index in [1.54, 1.807) is 0 Å². The molecule has 1 aliphatic carbocycles. The molecule has 1 rings (SSSR count). The SMILES string of the molecule is C=C(C)CCC[C@H](C)[C@@]1(O)CC=C(C)CC1. The van der Waals surface area contributed by atoms with E-state index in [0.29, 0.717) is 5.92 Å². The van der Waals surface area contributed by atoms with Gasteiger partial charge in [0.05, 0.1) is 5.60 Å². The van der Waals surface area contributed by atoms with Gasteiger partial charge in [0.15, 0.2) is 0 Å². The normalized spacial score (nSPS) is 27.4. The van der Waals surface area contributed by atoms with Gasteiger partial charge in [0.2, 0.25) is 0 Å². The summed E-state index contributed by atoms with van der Waals surface area (Å²) >= 11 is 0. The molecular weight excluding hydrogens is 196 g/mol. The topological polar surface area (TPSA) is 20.2 Å². The molecule has 0 fully saturated rings. The van der Waals surface area contributed by atoms with Crippen molar-refractivity contribution in [3.05, 3.63) is 23.8 Å². The van der Waals surface area contributed by atoms with Crippen LogP contribution in [0.3, 0.4) is 0 Å². The van der Waals surface area contributed by atoms with E-state index in [1.165, 1.54) is 11.1 Å². The monoisotopic (exact) mass is 222 g/mol. The van der Waals surface area contributed by atoms with Crippen LogP contribution in [-0.4, -0.2) is 10.7 Å². The van der Waals surface area contributed by atoms with Gasteiger partial charge in [-0.3, -0.25) is 0 Å². The molecule has 1 N–H and O–H groups in total. The predicted octanol–water partition coefficient (Wildman–Crippen LogP) is 4.23. The predicted molar refractivity (Wildman–Crippen MR) is 70.4 cm³/mol. The average molecular weight is 222 g/mol. The van der Waals surface area contributed by atoms with Crippen molar-refractivity contribution in [1.29, 1.82) is 0 Å². The molecule has 1 aliphatic rings. The number of hydrogen-bond acceptors (Lipinski definition) is 1. The maximum absolute atomic E-state index is 10.6. The lowest BCUT2D eigenvalue weighted by Crippen LogP contribution is -2.37. The Morgan fingerprint density at radius 1 is 1.62 bits per heavy atom. The van der Waals surface area contributed by atoms with Crippen LogP contribution in [0, 0.1) is 5.92 Å². The first-order valence-electron chi connectivity index (χ1n) is 6.46. The Kier molecular flexibility index (Phi) is 4.79. The first-order valence-corrected chi connectivity index (χ1v) is 6.46. The van der Waals surface area contributed by atoms with E-state index >= 15 is 0 Å². The van der Waals surface area contributed by atoms with Gasteiger partial charge < -0.3 is 5.11 Å². The van der Waals surface area contributed by atoms with E-state index in [1.807, 2.05) is 0 Å². The molecule has 0 aromatic heterocycles. The Labute approximate surface area is 100 Å². The summed E-state index contributed by atoms with van der Waals surface area (Å²) < 4.78 is 0. The van der Waals surface area contributed by atoms with Gasteiger partial charge in [-0.25, -0.2) is 0 Å². The van der Waals surface area contributed by atoms with Crippen molar-refractivity contribution < 1.29 is 5.11 Å². The van der Waals surface area contributed by atoms with Crippen LogP contribution < -0.4 is 0 Å². The van der Waals surface area contributed by atoms with E-state index in [4.69, 9.17) is 0 Å². The fourth-order valence-electron chi connectivity index (χ4n) is 2.40.